The maximum absolute atomic E-state index is 12.3. The second-order valence-corrected chi connectivity index (χ2v) is 5.06. The monoisotopic (exact) mass is 286 g/mol. The summed E-state index contributed by atoms with van der Waals surface area (Å²) in [6.07, 6.45) is -4.57. The zero-order valence-electron chi connectivity index (χ0n) is 11.2. The van der Waals surface area contributed by atoms with Crippen LogP contribution in [0.25, 0.3) is 0 Å². The molecule has 0 fully saturated rings. The fourth-order valence-corrected chi connectivity index (χ4v) is 2.44. The first-order chi connectivity index (χ1) is 9.37. The molecule has 1 aromatic carbocycles. The van der Waals surface area contributed by atoms with Crippen molar-refractivity contribution in [3.05, 3.63) is 34.9 Å². The van der Waals surface area contributed by atoms with Gasteiger partial charge in [-0.3, -0.25) is 4.79 Å². The Hall–Kier alpha value is -1.56. The lowest BCUT2D eigenvalue weighted by Gasteiger charge is -2.21. The van der Waals surface area contributed by atoms with Crippen molar-refractivity contribution in [2.24, 2.45) is 0 Å². The molecule has 0 saturated carbocycles. The van der Waals surface area contributed by atoms with E-state index in [0.717, 1.165) is 17.7 Å². The lowest BCUT2D eigenvalue weighted by Crippen LogP contribution is -2.37. The van der Waals surface area contributed by atoms with Gasteiger partial charge in [0.1, 0.15) is 0 Å². The number of hydrogen-bond acceptors (Lipinski definition) is 2. The van der Waals surface area contributed by atoms with Gasteiger partial charge < -0.3 is 10.6 Å². The summed E-state index contributed by atoms with van der Waals surface area (Å²) in [5, 5.41) is 5.62. The third-order valence-corrected chi connectivity index (χ3v) is 3.30. The molecule has 0 bridgehead atoms. The van der Waals surface area contributed by atoms with Gasteiger partial charge in [0.15, 0.2) is 0 Å². The van der Waals surface area contributed by atoms with E-state index in [1.54, 1.807) is 12.1 Å². The molecule has 20 heavy (non-hydrogen) atoms. The summed E-state index contributed by atoms with van der Waals surface area (Å²) in [5.41, 5.74) is 2.45. The predicted molar refractivity (Wildman–Crippen MR) is 69.5 cm³/mol. The third kappa shape index (κ3) is 3.72. The molecule has 6 heteroatoms. The number of hydrogen-bond donors (Lipinski definition) is 2. The first-order valence-corrected chi connectivity index (χ1v) is 6.56. The summed E-state index contributed by atoms with van der Waals surface area (Å²) in [6, 6.07) is 4.42. The Morgan fingerprint density at radius 1 is 1.45 bits per heavy atom. The molecule has 0 aliphatic carbocycles. The number of halogens is 3. The van der Waals surface area contributed by atoms with Crippen molar-refractivity contribution in [2.45, 2.75) is 38.5 Å². The second-order valence-electron chi connectivity index (χ2n) is 5.06. The number of fused-ring (bicyclic) bond motifs is 1. The molecule has 1 aliphatic heterocycles. The highest BCUT2D eigenvalue weighted by Gasteiger charge is 2.31. The Balaban J connectivity index is 2.10. The smallest absolute Gasteiger partial charge is 0.349 e. The van der Waals surface area contributed by atoms with Gasteiger partial charge in [0, 0.05) is 18.2 Å². The minimum absolute atomic E-state index is 0.430. The average Bonchev–Trinajstić information content (AvgIpc) is 2.35. The van der Waals surface area contributed by atoms with E-state index in [1.807, 2.05) is 6.07 Å². The Morgan fingerprint density at radius 3 is 2.90 bits per heavy atom. The minimum Gasteiger partial charge on any atom is -0.349 e. The maximum Gasteiger partial charge on any atom is 0.391 e. The summed E-state index contributed by atoms with van der Waals surface area (Å²) in [7, 11) is 0. The molecule has 1 aromatic rings. The van der Waals surface area contributed by atoms with E-state index in [0.29, 0.717) is 18.5 Å². The van der Waals surface area contributed by atoms with E-state index in [1.165, 1.54) is 6.92 Å². The molecule has 1 aliphatic rings. The van der Waals surface area contributed by atoms with Crippen molar-refractivity contribution in [3.63, 3.8) is 0 Å². The van der Waals surface area contributed by atoms with Crippen LogP contribution < -0.4 is 10.6 Å². The van der Waals surface area contributed by atoms with E-state index in [2.05, 4.69) is 10.6 Å². The molecule has 2 N–H and O–H groups in total. The van der Waals surface area contributed by atoms with Crippen molar-refractivity contribution in [3.8, 4) is 0 Å². The highest BCUT2D eigenvalue weighted by Crippen LogP contribution is 2.22. The van der Waals surface area contributed by atoms with Crippen molar-refractivity contribution in [1.82, 2.24) is 10.6 Å². The number of carbonyl (C=O) groups excluding carboxylic acids is 1. The quantitative estimate of drug-likeness (QED) is 0.896. The fourth-order valence-electron chi connectivity index (χ4n) is 2.44. The number of nitrogens with one attached hydrogen (secondary N) is 2. The predicted octanol–water partition coefficient (Wildman–Crippen LogP) is 2.40. The Kier molecular flexibility index (Phi) is 4.32. The topological polar surface area (TPSA) is 41.1 Å². The van der Waals surface area contributed by atoms with E-state index >= 15 is 0 Å². The van der Waals surface area contributed by atoms with Crippen LogP contribution in [0, 0.1) is 0 Å². The van der Waals surface area contributed by atoms with Gasteiger partial charge in [0.05, 0.1) is 6.42 Å². The first-order valence-electron chi connectivity index (χ1n) is 6.56. The van der Waals surface area contributed by atoms with Crippen LogP contribution in [-0.4, -0.2) is 24.7 Å². The van der Waals surface area contributed by atoms with Crippen molar-refractivity contribution in [1.29, 1.82) is 0 Å². The number of alkyl halides is 3. The van der Waals surface area contributed by atoms with E-state index in [9.17, 15) is 18.0 Å². The molecule has 3 nitrogen and oxygen atoms in total. The van der Waals surface area contributed by atoms with Crippen LogP contribution in [0.5, 0.6) is 0 Å². The number of rotatable bonds is 3. The minimum atomic E-state index is -4.27. The molecular weight excluding hydrogens is 269 g/mol. The van der Waals surface area contributed by atoms with Crippen LogP contribution in [0.2, 0.25) is 0 Å². The van der Waals surface area contributed by atoms with Gasteiger partial charge in [-0.1, -0.05) is 12.1 Å². The van der Waals surface area contributed by atoms with Crippen molar-refractivity contribution in [2.75, 3.05) is 6.54 Å². The highest BCUT2D eigenvalue weighted by molar-refractivity contribution is 5.96. The first kappa shape index (κ1) is 14.8. The number of amides is 1. The maximum atomic E-state index is 12.3. The van der Waals surface area contributed by atoms with Gasteiger partial charge >= 0.3 is 6.18 Å². The second kappa shape index (κ2) is 5.83. The lowest BCUT2D eigenvalue weighted by atomic mass is 9.95. The van der Waals surface area contributed by atoms with Gasteiger partial charge in [-0.05, 0) is 37.1 Å². The fraction of sp³-hybridized carbons (Fsp3) is 0.500. The number of carbonyl (C=O) groups is 1. The molecule has 1 amide bonds. The Labute approximate surface area is 115 Å². The van der Waals surface area contributed by atoms with Gasteiger partial charge in [-0.25, -0.2) is 0 Å². The SMILES string of the molecule is CC(CC(F)(F)F)NC(=O)c1cccc2c1CCNC2. The summed E-state index contributed by atoms with van der Waals surface area (Å²) >= 11 is 0. The Bertz CT molecular complexity index is 500. The average molecular weight is 286 g/mol. The van der Waals surface area contributed by atoms with Gasteiger partial charge in [-0.15, -0.1) is 0 Å². The normalized spacial score (nSPS) is 16.4. The molecular formula is C14H17F3N2O. The zero-order chi connectivity index (χ0) is 14.8. The summed E-state index contributed by atoms with van der Waals surface area (Å²) in [5.74, 6) is -0.430. The number of benzene rings is 1. The van der Waals surface area contributed by atoms with E-state index < -0.39 is 24.5 Å². The zero-order valence-corrected chi connectivity index (χ0v) is 11.2. The van der Waals surface area contributed by atoms with E-state index in [4.69, 9.17) is 0 Å². The standard InChI is InChI=1S/C14H17F3N2O/c1-9(7-14(15,16)17)19-13(20)12-4-2-3-10-8-18-6-5-11(10)12/h2-4,9,18H,5-8H2,1H3,(H,19,20). The molecule has 0 radical (unpaired) electrons. The third-order valence-electron chi connectivity index (χ3n) is 3.30. The molecule has 0 aromatic heterocycles. The summed E-state index contributed by atoms with van der Waals surface area (Å²) in [4.78, 5) is 12.1. The molecule has 0 spiro atoms. The van der Waals surface area contributed by atoms with Crippen LogP contribution in [0.1, 0.15) is 34.8 Å². The van der Waals surface area contributed by atoms with Crippen molar-refractivity contribution >= 4 is 5.91 Å². The molecule has 1 heterocycles. The van der Waals surface area contributed by atoms with Crippen LogP contribution in [0.4, 0.5) is 13.2 Å². The van der Waals surface area contributed by atoms with Gasteiger partial charge in [0.25, 0.3) is 5.91 Å². The molecule has 2 rings (SSSR count). The largest absolute Gasteiger partial charge is 0.391 e. The summed E-state index contributed by atoms with van der Waals surface area (Å²) < 4.78 is 36.8. The van der Waals surface area contributed by atoms with Crippen LogP contribution >= 0.6 is 0 Å². The van der Waals surface area contributed by atoms with Crippen LogP contribution in [0.3, 0.4) is 0 Å². The molecule has 110 valence electrons. The van der Waals surface area contributed by atoms with Crippen LogP contribution in [0.15, 0.2) is 18.2 Å². The van der Waals surface area contributed by atoms with Gasteiger partial charge in [0.2, 0.25) is 0 Å². The summed E-state index contributed by atoms with van der Waals surface area (Å²) in [6.45, 7) is 2.83. The molecule has 1 unspecified atom stereocenters. The lowest BCUT2D eigenvalue weighted by molar-refractivity contribution is -0.138. The molecule has 1 atom stereocenters. The molecule has 0 saturated heterocycles. The highest BCUT2D eigenvalue weighted by atomic mass is 19.4. The van der Waals surface area contributed by atoms with Crippen molar-refractivity contribution < 1.29 is 18.0 Å². The Morgan fingerprint density at radius 2 is 2.20 bits per heavy atom. The van der Waals surface area contributed by atoms with E-state index in [-0.39, 0.29) is 0 Å². The van der Waals surface area contributed by atoms with Gasteiger partial charge in [-0.2, -0.15) is 13.2 Å². The van der Waals surface area contributed by atoms with Crippen LogP contribution in [-0.2, 0) is 13.0 Å².